The van der Waals surface area contributed by atoms with Crippen LogP contribution in [0.15, 0.2) is 30.9 Å². The molecule has 1 rings (SSSR count). The Kier molecular flexibility index (Phi) is 2.69. The summed E-state index contributed by atoms with van der Waals surface area (Å²) in [6.07, 6.45) is 1.20. The zero-order valence-corrected chi connectivity index (χ0v) is 7.37. The number of aryl methyl sites for hydroxylation is 1. The number of anilines is 1. The molecule has 0 atom stereocenters. The first-order valence-electron chi connectivity index (χ1n) is 3.86. The molecule has 1 aromatic rings. The number of amides is 1. The molecule has 0 saturated carbocycles. The average Bonchev–Trinajstić information content (AvgIpc) is 2.11. The number of hydrogen-bond donors (Lipinski definition) is 2. The molecule has 0 aliphatic rings. The fourth-order valence-electron chi connectivity index (χ4n) is 0.927. The highest BCUT2D eigenvalue weighted by Gasteiger charge is 1.99. The lowest BCUT2D eigenvalue weighted by atomic mass is 10.2. The predicted molar refractivity (Wildman–Crippen MR) is 51.7 cm³/mol. The molecule has 1 aromatic carbocycles. The van der Waals surface area contributed by atoms with Gasteiger partial charge in [-0.2, -0.15) is 0 Å². The summed E-state index contributed by atoms with van der Waals surface area (Å²) in [5, 5.41) is 11.8. The third kappa shape index (κ3) is 2.33. The van der Waals surface area contributed by atoms with Crippen LogP contribution in [-0.4, -0.2) is 11.0 Å². The smallest absolute Gasteiger partial charge is 0.247 e. The predicted octanol–water partition coefficient (Wildman–Crippen LogP) is 1.83. The lowest BCUT2D eigenvalue weighted by Gasteiger charge is -2.04. The van der Waals surface area contributed by atoms with Crippen molar-refractivity contribution in [1.82, 2.24) is 0 Å². The summed E-state index contributed by atoms with van der Waals surface area (Å²) in [6, 6.07) is 4.86. The number of rotatable bonds is 2. The van der Waals surface area contributed by atoms with Crippen LogP contribution in [0.5, 0.6) is 5.75 Å². The van der Waals surface area contributed by atoms with E-state index in [1.165, 1.54) is 12.1 Å². The van der Waals surface area contributed by atoms with Gasteiger partial charge in [0, 0.05) is 5.69 Å². The van der Waals surface area contributed by atoms with Crippen molar-refractivity contribution in [2.45, 2.75) is 6.92 Å². The van der Waals surface area contributed by atoms with Crippen LogP contribution in [0.1, 0.15) is 5.56 Å². The standard InChI is InChI=1S/C10H11NO2/c1-3-10(13)11-8-4-5-9(12)7(2)6-8/h3-6,12H,1H2,2H3,(H,11,13). The highest BCUT2D eigenvalue weighted by Crippen LogP contribution is 2.19. The lowest BCUT2D eigenvalue weighted by Crippen LogP contribution is -2.06. The maximum absolute atomic E-state index is 10.9. The largest absolute Gasteiger partial charge is 0.508 e. The van der Waals surface area contributed by atoms with E-state index in [-0.39, 0.29) is 11.7 Å². The molecule has 0 fully saturated rings. The Hall–Kier alpha value is -1.77. The van der Waals surface area contributed by atoms with Crippen molar-refractivity contribution in [2.75, 3.05) is 5.32 Å². The van der Waals surface area contributed by atoms with Crippen LogP contribution in [0.4, 0.5) is 5.69 Å². The molecule has 68 valence electrons. The first-order valence-corrected chi connectivity index (χ1v) is 3.86. The van der Waals surface area contributed by atoms with Gasteiger partial charge in [-0.05, 0) is 36.8 Å². The van der Waals surface area contributed by atoms with Crippen molar-refractivity contribution in [3.05, 3.63) is 36.4 Å². The van der Waals surface area contributed by atoms with Crippen molar-refractivity contribution < 1.29 is 9.90 Å². The van der Waals surface area contributed by atoms with Gasteiger partial charge in [-0.1, -0.05) is 6.58 Å². The van der Waals surface area contributed by atoms with Gasteiger partial charge in [0.25, 0.3) is 0 Å². The molecular weight excluding hydrogens is 166 g/mol. The molecule has 1 amide bonds. The van der Waals surface area contributed by atoms with Crippen molar-refractivity contribution >= 4 is 11.6 Å². The van der Waals surface area contributed by atoms with Crippen LogP contribution in [-0.2, 0) is 4.79 Å². The number of hydrogen-bond acceptors (Lipinski definition) is 2. The molecular formula is C10H11NO2. The van der Waals surface area contributed by atoms with Gasteiger partial charge in [0.2, 0.25) is 5.91 Å². The highest BCUT2D eigenvalue weighted by atomic mass is 16.3. The Morgan fingerprint density at radius 2 is 2.31 bits per heavy atom. The number of carbonyl (C=O) groups is 1. The third-order valence-corrected chi connectivity index (χ3v) is 1.65. The van der Waals surface area contributed by atoms with E-state index >= 15 is 0 Å². The fraction of sp³-hybridized carbons (Fsp3) is 0.100. The monoisotopic (exact) mass is 177 g/mol. The fourth-order valence-corrected chi connectivity index (χ4v) is 0.927. The van der Waals surface area contributed by atoms with Gasteiger partial charge in [-0.25, -0.2) is 0 Å². The van der Waals surface area contributed by atoms with E-state index in [0.29, 0.717) is 5.69 Å². The second kappa shape index (κ2) is 3.76. The van der Waals surface area contributed by atoms with Gasteiger partial charge in [0.15, 0.2) is 0 Å². The SMILES string of the molecule is C=CC(=O)Nc1ccc(O)c(C)c1. The molecule has 2 N–H and O–H groups in total. The summed E-state index contributed by atoms with van der Waals surface area (Å²) < 4.78 is 0. The molecule has 0 unspecified atom stereocenters. The topological polar surface area (TPSA) is 49.3 Å². The van der Waals surface area contributed by atoms with Crippen LogP contribution in [0.25, 0.3) is 0 Å². The maximum Gasteiger partial charge on any atom is 0.247 e. The minimum Gasteiger partial charge on any atom is -0.508 e. The first-order chi connectivity index (χ1) is 6.13. The molecule has 0 saturated heterocycles. The van der Waals surface area contributed by atoms with E-state index < -0.39 is 0 Å². The molecule has 13 heavy (non-hydrogen) atoms. The van der Waals surface area contributed by atoms with E-state index in [1.807, 2.05) is 0 Å². The third-order valence-electron chi connectivity index (χ3n) is 1.65. The molecule has 0 aromatic heterocycles. The summed E-state index contributed by atoms with van der Waals surface area (Å²) in [7, 11) is 0. The second-order valence-electron chi connectivity index (χ2n) is 2.69. The summed E-state index contributed by atoms with van der Waals surface area (Å²) >= 11 is 0. The van der Waals surface area contributed by atoms with Crippen LogP contribution in [0.3, 0.4) is 0 Å². The molecule has 0 aliphatic carbocycles. The minimum atomic E-state index is -0.259. The van der Waals surface area contributed by atoms with E-state index in [1.54, 1.807) is 19.1 Å². The molecule has 0 radical (unpaired) electrons. The minimum absolute atomic E-state index is 0.219. The summed E-state index contributed by atoms with van der Waals surface area (Å²) in [6.45, 7) is 5.10. The maximum atomic E-state index is 10.9. The van der Waals surface area contributed by atoms with Crippen LogP contribution < -0.4 is 5.32 Å². The van der Waals surface area contributed by atoms with Gasteiger partial charge in [0.1, 0.15) is 5.75 Å². The number of aromatic hydroxyl groups is 1. The number of benzene rings is 1. The zero-order valence-electron chi connectivity index (χ0n) is 7.37. The number of nitrogens with one attached hydrogen (secondary N) is 1. The summed E-state index contributed by atoms with van der Waals surface area (Å²) in [4.78, 5) is 10.9. The van der Waals surface area contributed by atoms with Gasteiger partial charge >= 0.3 is 0 Å². The average molecular weight is 177 g/mol. The van der Waals surface area contributed by atoms with Crippen molar-refractivity contribution in [1.29, 1.82) is 0 Å². The van der Waals surface area contributed by atoms with E-state index in [9.17, 15) is 9.90 Å². The lowest BCUT2D eigenvalue weighted by molar-refractivity contribution is -0.111. The first kappa shape index (κ1) is 9.32. The zero-order chi connectivity index (χ0) is 9.84. The van der Waals surface area contributed by atoms with Crippen molar-refractivity contribution in [3.8, 4) is 5.75 Å². The Morgan fingerprint density at radius 1 is 1.62 bits per heavy atom. The number of carbonyl (C=O) groups excluding carboxylic acids is 1. The molecule has 3 heteroatoms. The van der Waals surface area contributed by atoms with E-state index in [4.69, 9.17) is 0 Å². The second-order valence-corrected chi connectivity index (χ2v) is 2.69. The number of phenols is 1. The number of phenolic OH excluding ortho intramolecular Hbond substituents is 1. The van der Waals surface area contributed by atoms with Crippen molar-refractivity contribution in [2.24, 2.45) is 0 Å². The Labute approximate surface area is 76.7 Å². The summed E-state index contributed by atoms with van der Waals surface area (Å²) in [5.74, 6) is -0.0401. The van der Waals surface area contributed by atoms with Crippen LogP contribution in [0, 0.1) is 6.92 Å². The molecule has 0 heterocycles. The molecule has 0 bridgehead atoms. The van der Waals surface area contributed by atoms with Gasteiger partial charge in [-0.3, -0.25) is 4.79 Å². The van der Waals surface area contributed by atoms with Gasteiger partial charge in [-0.15, -0.1) is 0 Å². The quantitative estimate of drug-likeness (QED) is 0.534. The Morgan fingerprint density at radius 3 is 2.85 bits per heavy atom. The molecule has 0 spiro atoms. The Balaban J connectivity index is 2.85. The van der Waals surface area contributed by atoms with Crippen LogP contribution in [0.2, 0.25) is 0 Å². The van der Waals surface area contributed by atoms with E-state index in [2.05, 4.69) is 11.9 Å². The summed E-state index contributed by atoms with van der Waals surface area (Å²) in [5.41, 5.74) is 1.38. The van der Waals surface area contributed by atoms with Crippen molar-refractivity contribution in [3.63, 3.8) is 0 Å². The molecule has 0 aliphatic heterocycles. The van der Waals surface area contributed by atoms with E-state index in [0.717, 1.165) is 5.56 Å². The Bertz CT molecular complexity index is 345. The highest BCUT2D eigenvalue weighted by molar-refractivity contribution is 5.98. The van der Waals surface area contributed by atoms with Crippen LogP contribution >= 0.6 is 0 Å². The van der Waals surface area contributed by atoms with Gasteiger partial charge in [0.05, 0.1) is 0 Å². The molecule has 3 nitrogen and oxygen atoms in total. The normalized spacial score (nSPS) is 9.31. The van der Waals surface area contributed by atoms with Gasteiger partial charge < -0.3 is 10.4 Å².